The van der Waals surface area contributed by atoms with E-state index in [9.17, 15) is 4.79 Å². The number of hydrogen-bond donors (Lipinski definition) is 3. The number of urea groups is 1. The molecule has 45 heavy (non-hydrogen) atoms. The van der Waals surface area contributed by atoms with Gasteiger partial charge in [0.25, 0.3) is 0 Å². The van der Waals surface area contributed by atoms with E-state index in [1.54, 1.807) is 35.7 Å². The lowest BCUT2D eigenvalue weighted by Gasteiger charge is -2.15. The van der Waals surface area contributed by atoms with E-state index in [4.69, 9.17) is 9.84 Å². The molecule has 2 aromatic carbocycles. The van der Waals surface area contributed by atoms with Crippen LogP contribution in [0.1, 0.15) is 37.7 Å². The minimum Gasteiger partial charge on any atom is -0.488 e. The van der Waals surface area contributed by atoms with Gasteiger partial charge in [-0.1, -0.05) is 45.0 Å². The van der Waals surface area contributed by atoms with Crippen LogP contribution in [0.4, 0.5) is 27.9 Å². The number of aromatic nitrogens is 6. The number of hydrogen-bond acceptors (Lipinski definition) is 8. The van der Waals surface area contributed by atoms with Crippen molar-refractivity contribution in [1.82, 2.24) is 29.7 Å². The summed E-state index contributed by atoms with van der Waals surface area (Å²) in [5, 5.41) is 15.6. The van der Waals surface area contributed by atoms with Crippen LogP contribution in [-0.4, -0.2) is 35.7 Å². The van der Waals surface area contributed by atoms with Gasteiger partial charge in [-0.25, -0.2) is 19.4 Å². The molecular formula is C34H33N9O2. The minimum atomic E-state index is -0.393. The number of carbonyl (C=O) groups excluding carboxylic acids is 1. The Morgan fingerprint density at radius 2 is 1.67 bits per heavy atom. The van der Waals surface area contributed by atoms with Crippen molar-refractivity contribution < 1.29 is 9.53 Å². The summed E-state index contributed by atoms with van der Waals surface area (Å²) >= 11 is 0. The zero-order valence-electron chi connectivity index (χ0n) is 25.4. The van der Waals surface area contributed by atoms with Crippen LogP contribution in [0.3, 0.4) is 0 Å². The summed E-state index contributed by atoms with van der Waals surface area (Å²) in [5.74, 6) is 2.48. The highest BCUT2D eigenvalue weighted by molar-refractivity contribution is 6.07. The van der Waals surface area contributed by atoms with Crippen molar-refractivity contribution in [3.8, 4) is 11.4 Å². The number of nitrogens with zero attached hydrogens (tertiary/aromatic N) is 6. The Labute approximate surface area is 260 Å². The van der Waals surface area contributed by atoms with Crippen molar-refractivity contribution in [3.63, 3.8) is 0 Å². The Kier molecular flexibility index (Phi) is 8.06. The summed E-state index contributed by atoms with van der Waals surface area (Å²) in [6, 6.07) is 20.6. The molecule has 0 bridgehead atoms. The summed E-state index contributed by atoms with van der Waals surface area (Å²) < 4.78 is 7.95. The molecule has 3 N–H and O–H groups in total. The normalized spacial score (nSPS) is 11.3. The van der Waals surface area contributed by atoms with Crippen LogP contribution in [0, 0.1) is 6.92 Å². The van der Waals surface area contributed by atoms with Crippen molar-refractivity contribution in [2.24, 2.45) is 0 Å². The van der Waals surface area contributed by atoms with E-state index in [0.29, 0.717) is 35.5 Å². The molecule has 0 saturated carbocycles. The topological polar surface area (TPSA) is 132 Å². The molecule has 6 rings (SSSR count). The number of anilines is 4. The second kappa shape index (κ2) is 12.4. The van der Waals surface area contributed by atoms with Gasteiger partial charge >= 0.3 is 6.03 Å². The molecule has 0 fully saturated rings. The number of rotatable bonds is 8. The molecule has 0 aliphatic carbocycles. The predicted octanol–water partition coefficient (Wildman–Crippen LogP) is 7.18. The number of benzene rings is 2. The number of aryl methyl sites for hydroxylation is 1. The molecular weight excluding hydrogens is 566 g/mol. The van der Waals surface area contributed by atoms with Gasteiger partial charge in [0.15, 0.2) is 0 Å². The molecule has 0 aliphatic rings. The van der Waals surface area contributed by atoms with Crippen LogP contribution in [0.15, 0.2) is 97.7 Å². The highest BCUT2D eigenvalue weighted by Crippen LogP contribution is 2.33. The zero-order valence-corrected chi connectivity index (χ0v) is 25.4. The van der Waals surface area contributed by atoms with Crippen LogP contribution in [0.2, 0.25) is 0 Å². The maximum absolute atomic E-state index is 13.4. The molecule has 4 heterocycles. The van der Waals surface area contributed by atoms with E-state index in [2.05, 4.69) is 56.7 Å². The van der Waals surface area contributed by atoms with Gasteiger partial charge in [-0.2, -0.15) is 5.10 Å². The van der Waals surface area contributed by atoms with Gasteiger partial charge < -0.3 is 15.4 Å². The van der Waals surface area contributed by atoms with Gasteiger partial charge in [0.2, 0.25) is 0 Å². The maximum atomic E-state index is 13.4. The maximum Gasteiger partial charge on any atom is 0.324 e. The van der Waals surface area contributed by atoms with E-state index >= 15 is 0 Å². The summed E-state index contributed by atoms with van der Waals surface area (Å²) in [4.78, 5) is 30.4. The molecule has 0 saturated heterocycles. The molecule has 11 nitrogen and oxygen atoms in total. The summed E-state index contributed by atoms with van der Waals surface area (Å²) in [6.45, 7) is 8.49. The standard InChI is InChI=1S/C34H33N9O2/c1-22-9-10-24(19-38-22)43-32(18-29(42-43)34(2,3)4)41-33(44)39-27-11-12-28(26-8-6-5-7-25(26)27)45-21-23-13-14-36-30(17-23)40-31-20-35-15-16-37-31/h5-20H,21H2,1-4H3,(H,36,37,40)(H2,39,41,44). The Morgan fingerprint density at radius 3 is 2.42 bits per heavy atom. The third kappa shape index (κ3) is 6.88. The quantitative estimate of drug-likeness (QED) is 0.168. The Bertz CT molecular complexity index is 1950. The lowest BCUT2D eigenvalue weighted by Crippen LogP contribution is -2.21. The summed E-state index contributed by atoms with van der Waals surface area (Å²) in [6.07, 6.45) is 8.32. The first-order valence-electron chi connectivity index (χ1n) is 14.5. The van der Waals surface area contributed by atoms with Crippen molar-refractivity contribution in [2.75, 3.05) is 16.0 Å². The van der Waals surface area contributed by atoms with E-state index in [-0.39, 0.29) is 5.41 Å². The van der Waals surface area contributed by atoms with Crippen molar-refractivity contribution >= 4 is 39.9 Å². The highest BCUT2D eigenvalue weighted by atomic mass is 16.5. The fraction of sp³-hybridized carbons (Fsp3) is 0.176. The second-order valence-electron chi connectivity index (χ2n) is 11.5. The molecule has 226 valence electrons. The number of carbonyl (C=O) groups is 1. The average Bonchev–Trinajstić information content (AvgIpc) is 3.46. The van der Waals surface area contributed by atoms with Gasteiger partial charge in [-0.05, 0) is 48.9 Å². The lowest BCUT2D eigenvalue weighted by molar-refractivity contribution is 0.262. The number of amides is 2. The number of pyridine rings is 2. The first-order valence-corrected chi connectivity index (χ1v) is 14.5. The van der Waals surface area contributed by atoms with Gasteiger partial charge in [0, 0.05) is 46.5 Å². The van der Waals surface area contributed by atoms with E-state index in [0.717, 1.165) is 33.4 Å². The molecule has 0 spiro atoms. The van der Waals surface area contributed by atoms with E-state index in [1.807, 2.05) is 73.7 Å². The monoisotopic (exact) mass is 599 g/mol. The minimum absolute atomic E-state index is 0.215. The third-order valence-electron chi connectivity index (χ3n) is 7.03. The zero-order chi connectivity index (χ0) is 31.4. The van der Waals surface area contributed by atoms with Crippen molar-refractivity contribution in [3.05, 3.63) is 115 Å². The molecule has 0 unspecified atom stereocenters. The largest absolute Gasteiger partial charge is 0.488 e. The fourth-order valence-electron chi connectivity index (χ4n) is 4.68. The van der Waals surface area contributed by atoms with Crippen LogP contribution < -0.4 is 20.7 Å². The summed E-state index contributed by atoms with van der Waals surface area (Å²) in [7, 11) is 0. The first-order chi connectivity index (χ1) is 21.7. The van der Waals surface area contributed by atoms with Crippen LogP contribution in [-0.2, 0) is 12.0 Å². The smallest absolute Gasteiger partial charge is 0.324 e. The van der Waals surface area contributed by atoms with Crippen LogP contribution >= 0.6 is 0 Å². The fourth-order valence-corrected chi connectivity index (χ4v) is 4.68. The van der Waals surface area contributed by atoms with Gasteiger partial charge in [0.1, 0.15) is 29.8 Å². The lowest BCUT2D eigenvalue weighted by atomic mass is 9.92. The van der Waals surface area contributed by atoms with Gasteiger partial charge in [-0.15, -0.1) is 0 Å². The van der Waals surface area contributed by atoms with Gasteiger partial charge in [-0.3, -0.25) is 15.3 Å². The molecule has 0 aliphatic heterocycles. The van der Waals surface area contributed by atoms with Crippen LogP contribution in [0.5, 0.6) is 5.75 Å². The Morgan fingerprint density at radius 1 is 0.844 bits per heavy atom. The van der Waals surface area contributed by atoms with E-state index in [1.165, 1.54) is 0 Å². The number of fused-ring (bicyclic) bond motifs is 1. The predicted molar refractivity (Wildman–Crippen MR) is 175 cm³/mol. The van der Waals surface area contributed by atoms with Gasteiger partial charge in [0.05, 0.1) is 29.5 Å². The second-order valence-corrected chi connectivity index (χ2v) is 11.5. The number of ether oxygens (including phenoxy) is 1. The van der Waals surface area contributed by atoms with Crippen molar-refractivity contribution in [1.29, 1.82) is 0 Å². The molecule has 0 atom stereocenters. The Hall–Kier alpha value is -5.84. The number of nitrogens with one attached hydrogen (secondary N) is 3. The molecule has 4 aromatic heterocycles. The molecule has 6 aromatic rings. The third-order valence-corrected chi connectivity index (χ3v) is 7.03. The Balaban J connectivity index is 1.19. The van der Waals surface area contributed by atoms with Crippen LogP contribution in [0.25, 0.3) is 16.5 Å². The van der Waals surface area contributed by atoms with Crippen molar-refractivity contribution in [2.45, 2.75) is 39.7 Å². The average molecular weight is 600 g/mol. The highest BCUT2D eigenvalue weighted by Gasteiger charge is 2.22. The first kappa shape index (κ1) is 29.2. The molecule has 2 amide bonds. The SMILES string of the molecule is Cc1ccc(-n2nc(C(C)(C)C)cc2NC(=O)Nc2ccc(OCc3ccnc(Nc4cnccn4)c3)c3ccccc23)cn1. The molecule has 0 radical (unpaired) electrons. The van der Waals surface area contributed by atoms with E-state index < -0.39 is 6.03 Å². The molecule has 11 heteroatoms. The summed E-state index contributed by atoms with van der Waals surface area (Å²) in [5.41, 5.74) is 3.86.